The second kappa shape index (κ2) is 44.5. The summed E-state index contributed by atoms with van der Waals surface area (Å²) < 4.78 is 16.7. The molecule has 0 spiro atoms. The molecule has 0 aliphatic rings. The monoisotopic (exact) mass is 793 g/mol. The molecule has 332 valence electrons. The minimum atomic E-state index is -0.760. The van der Waals surface area contributed by atoms with Gasteiger partial charge < -0.3 is 14.2 Å². The Labute approximate surface area is 348 Å². The fourth-order valence-corrected chi connectivity index (χ4v) is 7.48. The Morgan fingerprint density at radius 1 is 0.357 bits per heavy atom. The molecule has 0 aromatic carbocycles. The Balaban J connectivity index is 4.22. The van der Waals surface area contributed by atoms with Gasteiger partial charge in [-0.15, -0.1) is 0 Å². The lowest BCUT2D eigenvalue weighted by molar-refractivity contribution is -0.167. The van der Waals surface area contributed by atoms with Gasteiger partial charge in [-0.3, -0.25) is 14.4 Å². The summed E-state index contributed by atoms with van der Waals surface area (Å²) in [4.78, 5) is 37.7. The van der Waals surface area contributed by atoms with Gasteiger partial charge in [-0.2, -0.15) is 0 Å². The number of carbonyl (C=O) groups excluding carboxylic acids is 3. The zero-order chi connectivity index (χ0) is 41.0. The molecule has 6 heteroatoms. The number of hydrogen-bond acceptors (Lipinski definition) is 6. The minimum absolute atomic E-state index is 0.0644. The van der Waals surface area contributed by atoms with Crippen LogP contribution in [-0.4, -0.2) is 37.2 Å². The molecule has 6 nitrogen and oxygen atoms in total. The SMILES string of the molecule is CCCCCCCCCCCCCCCCCCCCCC(=O)O[C@@H](COC(=O)CCCCCCCCCCC)COC(=O)CCCCCCCCC(C)CC. The average Bonchev–Trinajstić information content (AvgIpc) is 3.19. The highest BCUT2D eigenvalue weighted by Crippen LogP contribution is 2.17. The van der Waals surface area contributed by atoms with Crippen molar-refractivity contribution in [3.8, 4) is 0 Å². The third-order valence-corrected chi connectivity index (χ3v) is 11.7. The van der Waals surface area contributed by atoms with Crippen LogP contribution in [0.3, 0.4) is 0 Å². The quantitative estimate of drug-likeness (QED) is 0.0347. The topological polar surface area (TPSA) is 78.9 Å². The molecule has 0 aromatic rings. The molecule has 0 aliphatic heterocycles. The van der Waals surface area contributed by atoms with Gasteiger partial charge in [0.2, 0.25) is 0 Å². The largest absolute Gasteiger partial charge is 0.462 e. The first-order valence-electron chi connectivity index (χ1n) is 24.9. The fourth-order valence-electron chi connectivity index (χ4n) is 7.48. The minimum Gasteiger partial charge on any atom is -0.462 e. The lowest BCUT2D eigenvalue weighted by Gasteiger charge is -2.18. The Morgan fingerprint density at radius 3 is 0.929 bits per heavy atom. The van der Waals surface area contributed by atoms with Crippen molar-refractivity contribution < 1.29 is 28.6 Å². The van der Waals surface area contributed by atoms with Gasteiger partial charge in [-0.05, 0) is 25.2 Å². The van der Waals surface area contributed by atoms with Crippen molar-refractivity contribution in [3.63, 3.8) is 0 Å². The highest BCUT2D eigenvalue weighted by molar-refractivity contribution is 5.71. The number of unbranched alkanes of at least 4 members (excludes halogenated alkanes) is 31. The van der Waals surface area contributed by atoms with Crippen LogP contribution >= 0.6 is 0 Å². The van der Waals surface area contributed by atoms with E-state index < -0.39 is 6.10 Å². The predicted octanol–water partition coefficient (Wildman–Crippen LogP) is 15.9. The highest BCUT2D eigenvalue weighted by Gasteiger charge is 2.19. The van der Waals surface area contributed by atoms with Gasteiger partial charge >= 0.3 is 17.9 Å². The van der Waals surface area contributed by atoms with E-state index in [1.807, 2.05) is 0 Å². The average molecular weight is 793 g/mol. The molecule has 0 aliphatic carbocycles. The van der Waals surface area contributed by atoms with Crippen LogP contribution in [0.1, 0.15) is 278 Å². The molecular formula is C50H96O6. The maximum atomic E-state index is 12.8. The van der Waals surface area contributed by atoms with Crippen molar-refractivity contribution >= 4 is 17.9 Å². The van der Waals surface area contributed by atoms with E-state index in [1.54, 1.807) is 0 Å². The summed E-state index contributed by atoms with van der Waals surface area (Å²) in [6, 6.07) is 0. The summed E-state index contributed by atoms with van der Waals surface area (Å²) in [5.41, 5.74) is 0. The van der Waals surface area contributed by atoms with E-state index >= 15 is 0 Å². The van der Waals surface area contributed by atoms with E-state index in [0.717, 1.165) is 63.7 Å². The summed E-state index contributed by atoms with van der Waals surface area (Å²) >= 11 is 0. The molecule has 0 saturated carbocycles. The van der Waals surface area contributed by atoms with Crippen molar-refractivity contribution in [2.24, 2.45) is 5.92 Å². The molecule has 0 bridgehead atoms. The van der Waals surface area contributed by atoms with Crippen molar-refractivity contribution in [3.05, 3.63) is 0 Å². The summed E-state index contributed by atoms with van der Waals surface area (Å²) in [5, 5.41) is 0. The van der Waals surface area contributed by atoms with Crippen LogP contribution in [0.4, 0.5) is 0 Å². The molecular weight excluding hydrogens is 697 g/mol. The highest BCUT2D eigenvalue weighted by atomic mass is 16.6. The molecule has 0 N–H and O–H groups in total. The van der Waals surface area contributed by atoms with Gasteiger partial charge in [-0.25, -0.2) is 0 Å². The number of carbonyl (C=O) groups is 3. The number of ether oxygens (including phenoxy) is 3. The van der Waals surface area contributed by atoms with Crippen LogP contribution in [0, 0.1) is 5.92 Å². The molecule has 56 heavy (non-hydrogen) atoms. The number of hydrogen-bond donors (Lipinski definition) is 0. The molecule has 0 heterocycles. The molecule has 0 rings (SSSR count). The van der Waals surface area contributed by atoms with E-state index in [1.165, 1.54) is 173 Å². The van der Waals surface area contributed by atoms with Crippen molar-refractivity contribution in [1.82, 2.24) is 0 Å². The Bertz CT molecular complexity index is 843. The fraction of sp³-hybridized carbons (Fsp3) is 0.940. The molecule has 0 radical (unpaired) electrons. The van der Waals surface area contributed by atoms with Crippen LogP contribution < -0.4 is 0 Å². The number of rotatable bonds is 45. The molecule has 0 amide bonds. The van der Waals surface area contributed by atoms with E-state index in [0.29, 0.717) is 19.3 Å². The lowest BCUT2D eigenvalue weighted by atomic mass is 10.00. The predicted molar refractivity (Wildman–Crippen MR) is 238 cm³/mol. The van der Waals surface area contributed by atoms with E-state index in [9.17, 15) is 14.4 Å². The third kappa shape index (κ3) is 42.0. The van der Waals surface area contributed by atoms with Crippen molar-refractivity contribution in [2.45, 2.75) is 284 Å². The van der Waals surface area contributed by atoms with Crippen molar-refractivity contribution in [1.29, 1.82) is 0 Å². The number of esters is 3. The second-order valence-corrected chi connectivity index (χ2v) is 17.3. The smallest absolute Gasteiger partial charge is 0.306 e. The first-order chi connectivity index (χ1) is 27.4. The second-order valence-electron chi connectivity index (χ2n) is 17.3. The summed E-state index contributed by atoms with van der Waals surface area (Å²) in [5.74, 6) is -0.0400. The van der Waals surface area contributed by atoms with Gasteiger partial charge in [0.15, 0.2) is 6.10 Å². The molecule has 0 aromatic heterocycles. The Kier molecular flexibility index (Phi) is 43.2. The maximum absolute atomic E-state index is 12.8. The molecule has 2 atom stereocenters. The zero-order valence-electron chi connectivity index (χ0n) is 38.1. The summed E-state index contributed by atoms with van der Waals surface area (Å²) in [6.45, 7) is 8.97. The van der Waals surface area contributed by atoms with Gasteiger partial charge in [-0.1, -0.05) is 240 Å². The first-order valence-corrected chi connectivity index (χ1v) is 24.9. The van der Waals surface area contributed by atoms with Crippen LogP contribution in [-0.2, 0) is 28.6 Å². The van der Waals surface area contributed by atoms with Crippen molar-refractivity contribution in [2.75, 3.05) is 13.2 Å². The van der Waals surface area contributed by atoms with Gasteiger partial charge in [0.25, 0.3) is 0 Å². The Morgan fingerprint density at radius 2 is 0.625 bits per heavy atom. The molecule has 0 fully saturated rings. The van der Waals surface area contributed by atoms with Crippen LogP contribution in [0.15, 0.2) is 0 Å². The van der Waals surface area contributed by atoms with Crippen LogP contribution in [0.25, 0.3) is 0 Å². The first kappa shape index (κ1) is 54.4. The van der Waals surface area contributed by atoms with Gasteiger partial charge in [0.05, 0.1) is 0 Å². The van der Waals surface area contributed by atoms with Gasteiger partial charge in [0, 0.05) is 19.3 Å². The van der Waals surface area contributed by atoms with Crippen LogP contribution in [0.5, 0.6) is 0 Å². The van der Waals surface area contributed by atoms with E-state index in [4.69, 9.17) is 14.2 Å². The summed E-state index contributed by atoms with van der Waals surface area (Å²) in [6.07, 6.45) is 45.3. The maximum Gasteiger partial charge on any atom is 0.306 e. The van der Waals surface area contributed by atoms with E-state index in [2.05, 4.69) is 27.7 Å². The molecule has 1 unspecified atom stereocenters. The third-order valence-electron chi connectivity index (χ3n) is 11.7. The van der Waals surface area contributed by atoms with Gasteiger partial charge in [0.1, 0.15) is 13.2 Å². The summed E-state index contributed by atoms with van der Waals surface area (Å²) in [7, 11) is 0. The van der Waals surface area contributed by atoms with E-state index in [-0.39, 0.29) is 31.1 Å². The normalized spacial score (nSPS) is 12.4. The lowest BCUT2D eigenvalue weighted by Crippen LogP contribution is -2.30. The standard InChI is InChI=1S/C50H96O6/c1-5-8-10-12-14-16-17-18-19-20-21-22-23-24-25-27-29-35-39-43-50(53)56-47(44-54-48(51)41-37-33-28-26-15-13-11-9-6-2)45-55-49(52)42-38-34-31-30-32-36-40-46(4)7-3/h46-47H,5-45H2,1-4H3/t46?,47-/m0/s1. The zero-order valence-corrected chi connectivity index (χ0v) is 38.1. The van der Waals surface area contributed by atoms with Crippen LogP contribution in [0.2, 0.25) is 0 Å². The molecule has 0 saturated heterocycles. The Hall–Kier alpha value is -1.59.